The van der Waals surface area contributed by atoms with Gasteiger partial charge < -0.3 is 24.8 Å². The van der Waals surface area contributed by atoms with Gasteiger partial charge in [-0.05, 0) is 47.9 Å². The van der Waals surface area contributed by atoms with Gasteiger partial charge in [0.05, 0.1) is 14.2 Å². The van der Waals surface area contributed by atoms with Crippen LogP contribution in [0.4, 0.5) is 0 Å². The number of nitrogens with zero attached hydrogens (tertiary/aromatic N) is 1. The van der Waals surface area contributed by atoms with Crippen LogP contribution in [-0.2, 0) is 11.3 Å². The van der Waals surface area contributed by atoms with Gasteiger partial charge in [0.15, 0.2) is 0 Å². The van der Waals surface area contributed by atoms with Crippen molar-refractivity contribution in [1.29, 1.82) is 0 Å². The van der Waals surface area contributed by atoms with Crippen LogP contribution < -0.4 is 24.8 Å². The molecule has 3 aromatic rings. The van der Waals surface area contributed by atoms with E-state index >= 15 is 0 Å². The Kier molecular flexibility index (Phi) is 8.45. The van der Waals surface area contributed by atoms with Gasteiger partial charge in [-0.3, -0.25) is 9.59 Å². The molecule has 8 heteroatoms. The molecule has 34 heavy (non-hydrogen) atoms. The lowest BCUT2D eigenvalue weighted by atomic mass is 10.0. The molecule has 0 aliphatic rings. The number of methoxy groups -OCH3 is 2. The normalized spacial score (nSPS) is 11.4. The first-order valence-corrected chi connectivity index (χ1v) is 10.9. The van der Waals surface area contributed by atoms with Crippen molar-refractivity contribution in [2.45, 2.75) is 26.4 Å². The molecular formula is C26H29N3O5. The van der Waals surface area contributed by atoms with Crippen molar-refractivity contribution in [3.05, 3.63) is 78.0 Å². The molecule has 0 saturated carbocycles. The Balaban J connectivity index is 1.56. The summed E-state index contributed by atoms with van der Waals surface area (Å²) in [6, 6.07) is 16.8. The number of hydrogen-bond donors (Lipinski definition) is 2. The molecule has 2 aromatic carbocycles. The zero-order chi connectivity index (χ0) is 24.5. The highest BCUT2D eigenvalue weighted by Crippen LogP contribution is 2.23. The first kappa shape index (κ1) is 24.6. The highest BCUT2D eigenvalue weighted by Gasteiger charge is 2.24. The molecule has 0 aliphatic heterocycles. The van der Waals surface area contributed by atoms with E-state index in [-0.39, 0.29) is 24.3 Å². The zero-order valence-electron chi connectivity index (χ0n) is 19.7. The number of hydrogen-bond acceptors (Lipinski definition) is 6. The first-order valence-electron chi connectivity index (χ1n) is 10.9. The molecule has 0 bridgehead atoms. The maximum absolute atomic E-state index is 12.8. The summed E-state index contributed by atoms with van der Waals surface area (Å²) in [4.78, 5) is 29.7. The van der Waals surface area contributed by atoms with Crippen LogP contribution in [0.2, 0.25) is 0 Å². The number of ether oxygens (including phenoxy) is 3. The number of pyridine rings is 1. The Morgan fingerprint density at radius 3 is 2.24 bits per heavy atom. The topological polar surface area (TPSA) is 98.8 Å². The fraction of sp³-hybridized carbons (Fsp3) is 0.269. The van der Waals surface area contributed by atoms with Gasteiger partial charge in [0.2, 0.25) is 11.8 Å². The number of benzene rings is 2. The summed E-state index contributed by atoms with van der Waals surface area (Å²) < 4.78 is 16.0. The smallest absolute Gasteiger partial charge is 0.251 e. The molecular weight excluding hydrogens is 434 g/mol. The van der Waals surface area contributed by atoms with Gasteiger partial charge in [-0.2, -0.15) is 0 Å². The highest BCUT2D eigenvalue weighted by molar-refractivity contribution is 5.97. The van der Waals surface area contributed by atoms with Gasteiger partial charge in [-0.1, -0.05) is 26.0 Å². The van der Waals surface area contributed by atoms with Gasteiger partial charge in [0.25, 0.3) is 5.91 Å². The summed E-state index contributed by atoms with van der Waals surface area (Å²) >= 11 is 0. The van der Waals surface area contributed by atoms with Crippen molar-refractivity contribution >= 4 is 11.8 Å². The van der Waals surface area contributed by atoms with E-state index in [4.69, 9.17) is 14.2 Å². The average molecular weight is 464 g/mol. The summed E-state index contributed by atoms with van der Waals surface area (Å²) in [5, 5.41) is 5.68. The SMILES string of the molecule is COc1ccc(C(=O)NC(C(=O)NCc2ccc(Oc3cccc(OC)c3)nc2)C(C)C)cc1. The van der Waals surface area contributed by atoms with Crippen molar-refractivity contribution in [3.63, 3.8) is 0 Å². The maximum atomic E-state index is 12.8. The lowest BCUT2D eigenvalue weighted by molar-refractivity contribution is -0.124. The lowest BCUT2D eigenvalue weighted by Gasteiger charge is -2.22. The van der Waals surface area contributed by atoms with Crippen LogP contribution in [0.5, 0.6) is 23.1 Å². The summed E-state index contributed by atoms with van der Waals surface area (Å²) in [7, 11) is 3.15. The average Bonchev–Trinajstić information content (AvgIpc) is 2.86. The molecule has 0 spiro atoms. The standard InChI is InChI=1S/C26H29N3O5/c1-17(2)24(29-25(30)19-9-11-20(32-3)12-10-19)26(31)28-16-18-8-13-23(27-15-18)34-22-7-5-6-21(14-22)33-4/h5-15,17,24H,16H2,1-4H3,(H,28,31)(H,29,30). The largest absolute Gasteiger partial charge is 0.497 e. The van der Waals surface area contributed by atoms with Gasteiger partial charge in [-0.25, -0.2) is 4.98 Å². The Labute approximate surface area is 199 Å². The van der Waals surface area contributed by atoms with Crippen LogP contribution in [-0.4, -0.2) is 37.1 Å². The summed E-state index contributed by atoms with van der Waals surface area (Å²) in [5.41, 5.74) is 1.26. The molecule has 1 unspecified atom stereocenters. The number of amides is 2. The van der Waals surface area contributed by atoms with E-state index in [1.165, 1.54) is 0 Å². The summed E-state index contributed by atoms with van der Waals surface area (Å²) in [6.07, 6.45) is 1.64. The summed E-state index contributed by atoms with van der Waals surface area (Å²) in [5.74, 6) is 1.69. The molecule has 1 aromatic heterocycles. The van der Waals surface area contributed by atoms with Crippen molar-refractivity contribution in [2.75, 3.05) is 14.2 Å². The van der Waals surface area contributed by atoms with Gasteiger partial charge >= 0.3 is 0 Å². The quantitative estimate of drug-likeness (QED) is 0.472. The Bertz CT molecular complexity index is 1100. The molecule has 0 saturated heterocycles. The minimum Gasteiger partial charge on any atom is -0.497 e. The van der Waals surface area contributed by atoms with E-state index in [2.05, 4.69) is 15.6 Å². The van der Waals surface area contributed by atoms with Crippen molar-refractivity contribution in [2.24, 2.45) is 5.92 Å². The molecule has 0 fully saturated rings. The van der Waals surface area contributed by atoms with E-state index in [1.54, 1.807) is 56.8 Å². The van der Waals surface area contributed by atoms with E-state index < -0.39 is 6.04 Å². The second-order valence-corrected chi connectivity index (χ2v) is 7.93. The number of carbonyl (C=O) groups is 2. The second kappa shape index (κ2) is 11.7. The first-order chi connectivity index (χ1) is 16.4. The molecule has 8 nitrogen and oxygen atoms in total. The van der Waals surface area contributed by atoms with Crippen LogP contribution in [0.25, 0.3) is 0 Å². The lowest BCUT2D eigenvalue weighted by Crippen LogP contribution is -2.49. The van der Waals surface area contributed by atoms with Crippen molar-refractivity contribution < 1.29 is 23.8 Å². The highest BCUT2D eigenvalue weighted by atomic mass is 16.5. The van der Waals surface area contributed by atoms with Crippen LogP contribution in [0.1, 0.15) is 29.8 Å². The molecule has 2 N–H and O–H groups in total. The molecule has 2 amide bonds. The fourth-order valence-corrected chi connectivity index (χ4v) is 3.16. The third-order valence-corrected chi connectivity index (χ3v) is 5.12. The predicted molar refractivity (Wildman–Crippen MR) is 128 cm³/mol. The fourth-order valence-electron chi connectivity index (χ4n) is 3.16. The monoisotopic (exact) mass is 463 g/mol. The van der Waals surface area contributed by atoms with Gasteiger partial charge in [-0.15, -0.1) is 0 Å². The van der Waals surface area contributed by atoms with Crippen LogP contribution in [0.3, 0.4) is 0 Å². The van der Waals surface area contributed by atoms with Gasteiger partial charge in [0.1, 0.15) is 23.3 Å². The van der Waals surface area contributed by atoms with E-state index in [9.17, 15) is 9.59 Å². The molecule has 1 heterocycles. The molecule has 3 rings (SSSR count). The van der Waals surface area contributed by atoms with E-state index in [1.807, 2.05) is 38.1 Å². The van der Waals surface area contributed by atoms with Crippen LogP contribution >= 0.6 is 0 Å². The third kappa shape index (κ3) is 6.71. The predicted octanol–water partition coefficient (Wildman–Crippen LogP) is 3.96. The van der Waals surface area contributed by atoms with Crippen LogP contribution in [0, 0.1) is 5.92 Å². The molecule has 0 aliphatic carbocycles. The Hall–Kier alpha value is -4.07. The maximum Gasteiger partial charge on any atom is 0.251 e. The molecule has 178 valence electrons. The number of aromatic nitrogens is 1. The Morgan fingerprint density at radius 2 is 1.62 bits per heavy atom. The Morgan fingerprint density at radius 1 is 0.912 bits per heavy atom. The molecule has 1 atom stereocenters. The van der Waals surface area contributed by atoms with Crippen LogP contribution in [0.15, 0.2) is 66.9 Å². The van der Waals surface area contributed by atoms with E-state index in [0.29, 0.717) is 28.7 Å². The van der Waals surface area contributed by atoms with Crippen molar-refractivity contribution in [1.82, 2.24) is 15.6 Å². The summed E-state index contributed by atoms with van der Waals surface area (Å²) in [6.45, 7) is 4.03. The molecule has 0 radical (unpaired) electrons. The van der Waals surface area contributed by atoms with Crippen molar-refractivity contribution in [3.8, 4) is 23.1 Å². The van der Waals surface area contributed by atoms with Gasteiger partial charge in [0, 0.05) is 30.4 Å². The minimum absolute atomic E-state index is 0.0982. The number of carbonyl (C=O) groups excluding carboxylic acids is 2. The minimum atomic E-state index is -0.682. The van der Waals surface area contributed by atoms with E-state index in [0.717, 1.165) is 5.56 Å². The zero-order valence-corrected chi connectivity index (χ0v) is 19.7. The number of rotatable bonds is 10. The number of nitrogens with one attached hydrogen (secondary N) is 2. The third-order valence-electron chi connectivity index (χ3n) is 5.12. The second-order valence-electron chi connectivity index (χ2n) is 7.93.